The maximum atomic E-state index is 5.33. The largest absolute Gasteiger partial charge is 0.379 e. The lowest BCUT2D eigenvalue weighted by atomic mass is 10.2. The quantitative estimate of drug-likeness (QED) is 0.739. The van der Waals surface area contributed by atoms with E-state index in [1.807, 2.05) is 0 Å². The van der Waals surface area contributed by atoms with Crippen molar-refractivity contribution in [1.82, 2.24) is 10.2 Å². The molecule has 1 atom stereocenters. The van der Waals surface area contributed by atoms with Gasteiger partial charge in [-0.2, -0.15) is 11.8 Å². The number of rotatable bonds is 3. The van der Waals surface area contributed by atoms with Crippen LogP contribution in [-0.2, 0) is 4.74 Å². The van der Waals surface area contributed by atoms with Crippen LogP contribution in [0.2, 0.25) is 0 Å². The standard InChI is InChI=1S/C10H20N2OS/c1(10-9-11-2-8-14-10)3-12-4-6-13-7-5-12/h10-11H,1-9H2. The first-order valence-electron chi connectivity index (χ1n) is 5.57. The fourth-order valence-electron chi connectivity index (χ4n) is 1.96. The molecule has 0 aromatic heterocycles. The smallest absolute Gasteiger partial charge is 0.0594 e. The summed E-state index contributed by atoms with van der Waals surface area (Å²) in [7, 11) is 0. The monoisotopic (exact) mass is 216 g/mol. The highest BCUT2D eigenvalue weighted by molar-refractivity contribution is 8.00. The SMILES string of the molecule is C1CSC(CCN2CCOCC2)CN1. The first-order chi connectivity index (χ1) is 6.95. The second-order valence-electron chi connectivity index (χ2n) is 3.94. The van der Waals surface area contributed by atoms with Crippen molar-refractivity contribution in [3.05, 3.63) is 0 Å². The third-order valence-electron chi connectivity index (χ3n) is 2.88. The summed E-state index contributed by atoms with van der Waals surface area (Å²) >= 11 is 2.13. The van der Waals surface area contributed by atoms with Gasteiger partial charge in [0.2, 0.25) is 0 Å². The number of morpholine rings is 1. The first-order valence-corrected chi connectivity index (χ1v) is 6.62. The highest BCUT2D eigenvalue weighted by atomic mass is 32.2. The second kappa shape index (κ2) is 5.95. The summed E-state index contributed by atoms with van der Waals surface area (Å²) in [6.07, 6.45) is 1.33. The molecule has 0 aliphatic carbocycles. The highest BCUT2D eigenvalue weighted by Crippen LogP contribution is 2.17. The number of nitrogens with one attached hydrogen (secondary N) is 1. The Morgan fingerprint density at radius 3 is 2.93 bits per heavy atom. The van der Waals surface area contributed by atoms with E-state index in [0.717, 1.165) is 31.6 Å². The Bertz CT molecular complexity index is 138. The van der Waals surface area contributed by atoms with E-state index >= 15 is 0 Å². The van der Waals surface area contributed by atoms with Crippen molar-refractivity contribution in [3.8, 4) is 0 Å². The van der Waals surface area contributed by atoms with Crippen LogP contribution in [0.5, 0.6) is 0 Å². The van der Waals surface area contributed by atoms with Gasteiger partial charge in [0.25, 0.3) is 0 Å². The van der Waals surface area contributed by atoms with Gasteiger partial charge in [-0.15, -0.1) is 0 Å². The molecule has 4 heteroatoms. The van der Waals surface area contributed by atoms with Crippen LogP contribution >= 0.6 is 11.8 Å². The van der Waals surface area contributed by atoms with Gasteiger partial charge < -0.3 is 10.1 Å². The van der Waals surface area contributed by atoms with Crippen LogP contribution in [0.3, 0.4) is 0 Å². The molecule has 1 unspecified atom stereocenters. The van der Waals surface area contributed by atoms with Gasteiger partial charge in [0.15, 0.2) is 0 Å². The number of ether oxygens (including phenoxy) is 1. The van der Waals surface area contributed by atoms with Crippen LogP contribution in [0.4, 0.5) is 0 Å². The molecule has 0 radical (unpaired) electrons. The van der Waals surface area contributed by atoms with Gasteiger partial charge in [-0.25, -0.2) is 0 Å². The Balaban J connectivity index is 1.60. The molecule has 0 bridgehead atoms. The van der Waals surface area contributed by atoms with Crippen LogP contribution < -0.4 is 5.32 Å². The van der Waals surface area contributed by atoms with Crippen molar-refractivity contribution in [2.75, 3.05) is 51.7 Å². The van der Waals surface area contributed by atoms with E-state index < -0.39 is 0 Å². The third-order valence-corrected chi connectivity index (χ3v) is 4.19. The number of thioether (sulfide) groups is 1. The topological polar surface area (TPSA) is 24.5 Å². The van der Waals surface area contributed by atoms with Crippen molar-refractivity contribution >= 4 is 11.8 Å². The van der Waals surface area contributed by atoms with Gasteiger partial charge in [0.1, 0.15) is 0 Å². The van der Waals surface area contributed by atoms with E-state index in [0.29, 0.717) is 0 Å². The lowest BCUT2D eigenvalue weighted by molar-refractivity contribution is 0.0374. The van der Waals surface area contributed by atoms with Gasteiger partial charge in [-0.1, -0.05) is 0 Å². The lowest BCUT2D eigenvalue weighted by Crippen LogP contribution is -2.40. The fraction of sp³-hybridized carbons (Fsp3) is 1.00. The first kappa shape index (κ1) is 10.7. The predicted octanol–water partition coefficient (Wildman–Crippen LogP) is 0.414. The predicted molar refractivity (Wildman–Crippen MR) is 61.0 cm³/mol. The van der Waals surface area contributed by atoms with E-state index in [4.69, 9.17) is 4.74 Å². The molecule has 2 aliphatic rings. The number of nitrogens with zero attached hydrogens (tertiary/aromatic N) is 1. The molecule has 2 fully saturated rings. The molecule has 0 aromatic carbocycles. The van der Waals surface area contributed by atoms with Crippen LogP contribution in [0, 0.1) is 0 Å². The molecular weight excluding hydrogens is 196 g/mol. The second-order valence-corrected chi connectivity index (χ2v) is 5.35. The average molecular weight is 216 g/mol. The van der Waals surface area contributed by atoms with Crippen molar-refractivity contribution in [1.29, 1.82) is 0 Å². The zero-order chi connectivity index (χ0) is 9.64. The molecule has 14 heavy (non-hydrogen) atoms. The minimum atomic E-state index is 0.839. The van der Waals surface area contributed by atoms with E-state index in [1.165, 1.54) is 31.8 Å². The van der Waals surface area contributed by atoms with Crippen molar-refractivity contribution in [3.63, 3.8) is 0 Å². The van der Waals surface area contributed by atoms with Gasteiger partial charge in [0.05, 0.1) is 13.2 Å². The van der Waals surface area contributed by atoms with E-state index in [-0.39, 0.29) is 0 Å². The maximum absolute atomic E-state index is 5.33. The molecule has 2 saturated heterocycles. The van der Waals surface area contributed by atoms with Crippen LogP contribution in [0.15, 0.2) is 0 Å². The van der Waals surface area contributed by atoms with Gasteiger partial charge in [0, 0.05) is 37.2 Å². The Morgan fingerprint density at radius 2 is 2.21 bits per heavy atom. The summed E-state index contributed by atoms with van der Waals surface area (Å²) in [6.45, 7) is 7.76. The van der Waals surface area contributed by atoms with Crippen molar-refractivity contribution in [2.45, 2.75) is 11.7 Å². The Hall–Kier alpha value is 0.230. The zero-order valence-electron chi connectivity index (χ0n) is 8.71. The highest BCUT2D eigenvalue weighted by Gasteiger charge is 2.16. The van der Waals surface area contributed by atoms with Crippen LogP contribution in [-0.4, -0.2) is 61.8 Å². The Labute approximate surface area is 90.6 Å². The minimum absolute atomic E-state index is 0.839. The molecule has 3 nitrogen and oxygen atoms in total. The van der Waals surface area contributed by atoms with Crippen molar-refractivity contribution < 1.29 is 4.74 Å². The van der Waals surface area contributed by atoms with Gasteiger partial charge in [-0.05, 0) is 13.0 Å². The molecule has 0 amide bonds. The summed E-state index contributed by atoms with van der Waals surface area (Å²) in [5.41, 5.74) is 0. The molecule has 2 rings (SSSR count). The minimum Gasteiger partial charge on any atom is -0.379 e. The molecule has 0 saturated carbocycles. The molecule has 82 valence electrons. The van der Waals surface area contributed by atoms with Gasteiger partial charge >= 0.3 is 0 Å². The average Bonchev–Trinajstić information content (AvgIpc) is 2.29. The molecule has 0 spiro atoms. The van der Waals surface area contributed by atoms with Crippen LogP contribution in [0.25, 0.3) is 0 Å². The summed E-state index contributed by atoms with van der Waals surface area (Å²) in [5, 5.41) is 4.30. The Kier molecular flexibility index (Phi) is 4.57. The summed E-state index contributed by atoms with van der Waals surface area (Å²) < 4.78 is 5.33. The fourth-order valence-corrected chi connectivity index (χ4v) is 3.06. The number of hydrogen-bond donors (Lipinski definition) is 1. The van der Waals surface area contributed by atoms with E-state index in [1.54, 1.807) is 0 Å². The third kappa shape index (κ3) is 3.42. The Morgan fingerprint density at radius 1 is 1.36 bits per heavy atom. The van der Waals surface area contributed by atoms with Crippen molar-refractivity contribution in [2.24, 2.45) is 0 Å². The maximum Gasteiger partial charge on any atom is 0.0594 e. The molecule has 2 heterocycles. The van der Waals surface area contributed by atoms with E-state index in [2.05, 4.69) is 22.0 Å². The van der Waals surface area contributed by atoms with Crippen LogP contribution in [0.1, 0.15) is 6.42 Å². The normalized spacial score (nSPS) is 30.4. The number of hydrogen-bond acceptors (Lipinski definition) is 4. The van der Waals surface area contributed by atoms with Gasteiger partial charge in [-0.3, -0.25) is 4.90 Å². The summed E-state index contributed by atoms with van der Waals surface area (Å²) in [4.78, 5) is 2.53. The zero-order valence-corrected chi connectivity index (χ0v) is 9.52. The summed E-state index contributed by atoms with van der Waals surface area (Å²) in [6, 6.07) is 0. The van der Waals surface area contributed by atoms with E-state index in [9.17, 15) is 0 Å². The summed E-state index contributed by atoms with van der Waals surface area (Å²) in [5.74, 6) is 1.29. The lowest BCUT2D eigenvalue weighted by Gasteiger charge is -2.29. The molecular formula is C10H20N2OS. The molecule has 0 aromatic rings. The molecule has 2 aliphatic heterocycles. The molecule has 1 N–H and O–H groups in total.